The first kappa shape index (κ1) is 17.7. The lowest BCUT2D eigenvalue weighted by Crippen LogP contribution is -2.02. The van der Waals surface area contributed by atoms with Crippen LogP contribution in [0.2, 0.25) is 0 Å². The molecule has 0 spiro atoms. The molecular formula is C18H24N6S. The third-order valence-electron chi connectivity index (χ3n) is 4.10. The molecule has 3 rings (SSSR count). The first-order valence-electron chi connectivity index (χ1n) is 8.70. The molecule has 0 fully saturated rings. The highest BCUT2D eigenvalue weighted by Crippen LogP contribution is 2.26. The van der Waals surface area contributed by atoms with E-state index in [1.807, 2.05) is 17.5 Å². The Labute approximate surface area is 152 Å². The quantitative estimate of drug-likeness (QED) is 0.639. The van der Waals surface area contributed by atoms with Crippen LogP contribution in [-0.2, 0) is 6.42 Å². The van der Waals surface area contributed by atoms with Crippen LogP contribution < -0.4 is 4.72 Å². The zero-order valence-corrected chi connectivity index (χ0v) is 16.0. The van der Waals surface area contributed by atoms with Crippen molar-refractivity contribution >= 4 is 23.5 Å². The van der Waals surface area contributed by atoms with Crippen LogP contribution >= 0.6 is 11.9 Å². The van der Waals surface area contributed by atoms with Crippen molar-refractivity contribution in [1.29, 1.82) is 0 Å². The maximum atomic E-state index is 4.80. The Morgan fingerprint density at radius 1 is 1.20 bits per heavy atom. The van der Waals surface area contributed by atoms with E-state index in [1.165, 1.54) is 5.56 Å². The van der Waals surface area contributed by atoms with Gasteiger partial charge in [-0.15, -0.1) is 10.2 Å². The van der Waals surface area contributed by atoms with E-state index in [1.54, 1.807) is 11.9 Å². The Morgan fingerprint density at radius 2 is 2.04 bits per heavy atom. The van der Waals surface area contributed by atoms with Crippen molar-refractivity contribution in [1.82, 2.24) is 24.6 Å². The van der Waals surface area contributed by atoms with Crippen LogP contribution in [0.1, 0.15) is 43.6 Å². The Kier molecular flexibility index (Phi) is 5.53. The SMILES string of the molecule is CCCCc1cnc(NSCC)nc1-c1cc(C)c2nnc(C)n2c1. The topological polar surface area (TPSA) is 68.0 Å². The summed E-state index contributed by atoms with van der Waals surface area (Å²) in [5.41, 5.74) is 5.23. The minimum absolute atomic E-state index is 0.653. The summed E-state index contributed by atoms with van der Waals surface area (Å²) < 4.78 is 5.24. The first-order valence-corrected chi connectivity index (χ1v) is 9.68. The molecule has 0 aliphatic rings. The number of fused-ring (bicyclic) bond motifs is 1. The van der Waals surface area contributed by atoms with Gasteiger partial charge in [-0.05, 0) is 43.9 Å². The van der Waals surface area contributed by atoms with E-state index >= 15 is 0 Å². The summed E-state index contributed by atoms with van der Waals surface area (Å²) in [6.45, 7) is 8.32. The van der Waals surface area contributed by atoms with Crippen LogP contribution in [0.5, 0.6) is 0 Å². The molecule has 0 unspecified atom stereocenters. The van der Waals surface area contributed by atoms with Gasteiger partial charge in [-0.1, -0.05) is 32.2 Å². The van der Waals surface area contributed by atoms with Crippen molar-refractivity contribution in [3.05, 3.63) is 35.4 Å². The molecule has 0 saturated heterocycles. The predicted molar refractivity (Wildman–Crippen MR) is 104 cm³/mol. The molecule has 7 heteroatoms. The number of nitrogens with zero attached hydrogens (tertiary/aromatic N) is 5. The first-order chi connectivity index (χ1) is 12.1. The van der Waals surface area contributed by atoms with Crippen molar-refractivity contribution in [3.63, 3.8) is 0 Å². The smallest absolute Gasteiger partial charge is 0.233 e. The fourth-order valence-electron chi connectivity index (χ4n) is 2.79. The monoisotopic (exact) mass is 356 g/mol. The van der Waals surface area contributed by atoms with Crippen LogP contribution in [0.15, 0.2) is 18.5 Å². The molecule has 0 atom stereocenters. The van der Waals surface area contributed by atoms with Gasteiger partial charge in [-0.3, -0.25) is 9.12 Å². The van der Waals surface area contributed by atoms with Crippen LogP contribution in [0.4, 0.5) is 5.95 Å². The zero-order chi connectivity index (χ0) is 17.8. The van der Waals surface area contributed by atoms with E-state index in [-0.39, 0.29) is 0 Å². The Balaban J connectivity index is 2.10. The van der Waals surface area contributed by atoms with Gasteiger partial charge in [0.15, 0.2) is 5.65 Å². The van der Waals surface area contributed by atoms with Crippen molar-refractivity contribution in [3.8, 4) is 11.3 Å². The van der Waals surface area contributed by atoms with Gasteiger partial charge < -0.3 is 0 Å². The standard InChI is InChI=1S/C18H24N6S/c1-5-7-8-14-10-19-18(23-25-6-2)20-16(14)15-9-12(3)17-22-21-13(4)24(17)11-15/h9-11H,5-8H2,1-4H3,(H,19,20,23). The van der Waals surface area contributed by atoms with Gasteiger partial charge >= 0.3 is 0 Å². The van der Waals surface area contributed by atoms with Gasteiger partial charge in [0, 0.05) is 23.7 Å². The van der Waals surface area contributed by atoms with E-state index in [2.05, 4.69) is 52.9 Å². The number of pyridine rings is 1. The van der Waals surface area contributed by atoms with Gasteiger partial charge in [0.25, 0.3) is 0 Å². The molecule has 0 saturated carbocycles. The number of hydrogen-bond donors (Lipinski definition) is 1. The molecular weight excluding hydrogens is 332 g/mol. The normalized spacial score (nSPS) is 11.2. The van der Waals surface area contributed by atoms with E-state index < -0.39 is 0 Å². The molecule has 3 aromatic rings. The number of anilines is 1. The average Bonchev–Trinajstić information content (AvgIpc) is 3.00. The lowest BCUT2D eigenvalue weighted by Gasteiger charge is -2.12. The fourth-order valence-corrected chi connectivity index (χ4v) is 3.16. The predicted octanol–water partition coefficient (Wildman–Crippen LogP) is 4.23. The fraction of sp³-hybridized carbons (Fsp3) is 0.444. The van der Waals surface area contributed by atoms with Gasteiger partial charge in [0.1, 0.15) is 5.82 Å². The van der Waals surface area contributed by atoms with Gasteiger partial charge in [0.2, 0.25) is 5.95 Å². The minimum Gasteiger partial charge on any atom is -0.298 e. The maximum Gasteiger partial charge on any atom is 0.233 e. The molecule has 0 aliphatic carbocycles. The molecule has 0 radical (unpaired) electrons. The zero-order valence-electron chi connectivity index (χ0n) is 15.2. The number of aromatic nitrogens is 5. The summed E-state index contributed by atoms with van der Waals surface area (Å²) in [6.07, 6.45) is 7.28. The number of unbranched alkanes of at least 4 members (excludes halogenated alkanes) is 1. The highest BCUT2D eigenvalue weighted by Gasteiger charge is 2.13. The second-order valence-corrected chi connectivity index (χ2v) is 7.13. The molecule has 25 heavy (non-hydrogen) atoms. The largest absolute Gasteiger partial charge is 0.298 e. The van der Waals surface area contributed by atoms with Crippen LogP contribution in [-0.4, -0.2) is 30.3 Å². The minimum atomic E-state index is 0.653. The molecule has 1 N–H and O–H groups in total. The second-order valence-electron chi connectivity index (χ2n) is 6.06. The van der Waals surface area contributed by atoms with E-state index in [0.717, 1.165) is 53.3 Å². The van der Waals surface area contributed by atoms with E-state index in [4.69, 9.17) is 4.98 Å². The third kappa shape index (κ3) is 3.76. The van der Waals surface area contributed by atoms with Crippen LogP contribution in [0.3, 0.4) is 0 Å². The molecule has 0 bridgehead atoms. The highest BCUT2D eigenvalue weighted by molar-refractivity contribution is 8.00. The van der Waals surface area contributed by atoms with Crippen LogP contribution in [0, 0.1) is 13.8 Å². The molecule has 6 nitrogen and oxygen atoms in total. The number of rotatable bonds is 7. The summed E-state index contributed by atoms with van der Waals surface area (Å²) >= 11 is 1.60. The Hall–Kier alpha value is -2.15. The summed E-state index contributed by atoms with van der Waals surface area (Å²) in [6, 6.07) is 2.14. The van der Waals surface area contributed by atoms with Gasteiger partial charge in [-0.2, -0.15) is 0 Å². The summed E-state index contributed by atoms with van der Waals surface area (Å²) in [5.74, 6) is 2.49. The van der Waals surface area contributed by atoms with Crippen molar-refractivity contribution in [2.75, 3.05) is 10.5 Å². The summed E-state index contributed by atoms with van der Waals surface area (Å²) in [5, 5.41) is 8.43. The van der Waals surface area contributed by atoms with E-state index in [9.17, 15) is 0 Å². The number of hydrogen-bond acceptors (Lipinski definition) is 6. The summed E-state index contributed by atoms with van der Waals surface area (Å²) in [4.78, 5) is 9.27. The van der Waals surface area contributed by atoms with Crippen molar-refractivity contribution in [2.45, 2.75) is 47.0 Å². The molecule has 3 aromatic heterocycles. The molecule has 0 amide bonds. The summed E-state index contributed by atoms with van der Waals surface area (Å²) in [7, 11) is 0. The molecule has 3 heterocycles. The number of aryl methyl sites for hydroxylation is 3. The maximum absolute atomic E-state index is 4.80. The van der Waals surface area contributed by atoms with E-state index in [0.29, 0.717) is 5.95 Å². The number of nitrogens with one attached hydrogen (secondary N) is 1. The second kappa shape index (κ2) is 7.82. The Bertz CT molecular complexity index is 873. The molecule has 132 valence electrons. The Morgan fingerprint density at radius 3 is 2.80 bits per heavy atom. The molecule has 0 aromatic carbocycles. The van der Waals surface area contributed by atoms with Gasteiger partial charge in [0.05, 0.1) is 5.69 Å². The van der Waals surface area contributed by atoms with Crippen LogP contribution in [0.25, 0.3) is 16.9 Å². The van der Waals surface area contributed by atoms with Crippen molar-refractivity contribution < 1.29 is 0 Å². The highest BCUT2D eigenvalue weighted by atomic mass is 32.2. The third-order valence-corrected chi connectivity index (χ3v) is 4.72. The molecule has 0 aliphatic heterocycles. The van der Waals surface area contributed by atoms with Crippen molar-refractivity contribution in [2.24, 2.45) is 0 Å². The average molecular weight is 356 g/mol. The lowest BCUT2D eigenvalue weighted by molar-refractivity contribution is 0.790. The lowest BCUT2D eigenvalue weighted by atomic mass is 10.0. The van der Waals surface area contributed by atoms with Gasteiger partial charge in [-0.25, -0.2) is 9.97 Å².